The van der Waals surface area contributed by atoms with E-state index in [1.807, 2.05) is 109 Å². The number of nitrogens with one attached hydrogen (secondary N) is 1. The first-order valence-electron chi connectivity index (χ1n) is 11.9. The van der Waals surface area contributed by atoms with E-state index < -0.39 is 5.92 Å². The van der Waals surface area contributed by atoms with Gasteiger partial charge in [-0.25, -0.2) is 0 Å². The highest BCUT2D eigenvalue weighted by Crippen LogP contribution is 2.28. The molecule has 0 bridgehead atoms. The van der Waals surface area contributed by atoms with E-state index in [0.29, 0.717) is 17.2 Å². The van der Waals surface area contributed by atoms with Crippen LogP contribution in [-0.4, -0.2) is 30.7 Å². The van der Waals surface area contributed by atoms with E-state index in [0.717, 1.165) is 27.9 Å². The van der Waals surface area contributed by atoms with Gasteiger partial charge in [0.2, 0.25) is 5.91 Å². The molecule has 0 saturated carbocycles. The number of nitrogens with zero attached hydrogens (tertiary/aromatic N) is 5. The van der Waals surface area contributed by atoms with E-state index in [1.165, 1.54) is 0 Å². The van der Waals surface area contributed by atoms with Crippen LogP contribution in [0.15, 0.2) is 122 Å². The van der Waals surface area contributed by atoms with Crippen molar-refractivity contribution in [1.29, 1.82) is 0 Å². The summed E-state index contributed by atoms with van der Waals surface area (Å²) in [7, 11) is 0. The first kappa shape index (κ1) is 22.3. The maximum Gasteiger partial charge on any atom is 0.236 e. The van der Waals surface area contributed by atoms with Gasteiger partial charge in [-0.1, -0.05) is 72.8 Å². The molecule has 7 heteroatoms. The number of benzene rings is 3. The van der Waals surface area contributed by atoms with Gasteiger partial charge in [0.1, 0.15) is 0 Å². The van der Waals surface area contributed by atoms with E-state index in [1.54, 1.807) is 16.9 Å². The average molecular weight is 483 g/mol. The van der Waals surface area contributed by atoms with Crippen LogP contribution in [-0.2, 0) is 4.79 Å². The third-order valence-corrected chi connectivity index (χ3v) is 6.16. The summed E-state index contributed by atoms with van der Waals surface area (Å²) in [5.41, 5.74) is 5.69. The average Bonchev–Trinajstić information content (AvgIpc) is 3.38. The number of carbonyl (C=O) groups is 1. The lowest BCUT2D eigenvalue weighted by atomic mass is 9.90. The van der Waals surface area contributed by atoms with Crippen molar-refractivity contribution < 1.29 is 4.79 Å². The van der Waals surface area contributed by atoms with Crippen molar-refractivity contribution >= 4 is 17.2 Å². The Morgan fingerprint density at radius 1 is 0.703 bits per heavy atom. The van der Waals surface area contributed by atoms with Crippen molar-refractivity contribution in [3.8, 4) is 22.6 Å². The van der Waals surface area contributed by atoms with E-state index in [2.05, 4.69) is 20.5 Å². The fourth-order valence-electron chi connectivity index (χ4n) is 4.38. The third kappa shape index (κ3) is 4.58. The van der Waals surface area contributed by atoms with Gasteiger partial charge in [0.15, 0.2) is 11.5 Å². The molecule has 0 fully saturated rings. The maximum atomic E-state index is 13.6. The first-order chi connectivity index (χ1) is 18.3. The van der Waals surface area contributed by atoms with Crippen LogP contribution >= 0.6 is 0 Å². The molecular formula is C30H22N6O. The van der Waals surface area contributed by atoms with Crippen LogP contribution in [0.3, 0.4) is 0 Å². The molecule has 0 aliphatic carbocycles. The number of fused-ring (bicyclic) bond motifs is 1. The summed E-state index contributed by atoms with van der Waals surface area (Å²) < 4.78 is 1.72. The Balaban J connectivity index is 1.32. The van der Waals surface area contributed by atoms with E-state index in [-0.39, 0.29) is 5.91 Å². The molecule has 6 aromatic rings. The first-order valence-corrected chi connectivity index (χ1v) is 11.9. The highest BCUT2D eigenvalue weighted by molar-refractivity contribution is 5.98. The second kappa shape index (κ2) is 9.83. The smallest absolute Gasteiger partial charge is 0.236 e. The largest absolute Gasteiger partial charge is 0.325 e. The van der Waals surface area contributed by atoms with Crippen molar-refractivity contribution in [2.45, 2.75) is 5.92 Å². The monoisotopic (exact) mass is 482 g/mol. The second-order valence-corrected chi connectivity index (χ2v) is 8.57. The summed E-state index contributed by atoms with van der Waals surface area (Å²) >= 11 is 0. The summed E-state index contributed by atoms with van der Waals surface area (Å²) in [4.78, 5) is 17.6. The van der Waals surface area contributed by atoms with Crippen molar-refractivity contribution in [3.05, 3.63) is 133 Å². The second-order valence-electron chi connectivity index (χ2n) is 8.57. The zero-order chi connectivity index (χ0) is 25.0. The highest BCUT2D eigenvalue weighted by Gasteiger charge is 2.23. The molecule has 0 aliphatic heterocycles. The molecule has 7 nitrogen and oxygen atoms in total. The van der Waals surface area contributed by atoms with Gasteiger partial charge >= 0.3 is 0 Å². The third-order valence-electron chi connectivity index (χ3n) is 6.16. The molecule has 0 unspecified atom stereocenters. The summed E-state index contributed by atoms with van der Waals surface area (Å²) in [5, 5.41) is 16.4. The lowest BCUT2D eigenvalue weighted by molar-refractivity contribution is -0.116. The lowest BCUT2D eigenvalue weighted by Crippen LogP contribution is -2.22. The van der Waals surface area contributed by atoms with Crippen LogP contribution in [0.2, 0.25) is 0 Å². The zero-order valence-corrected chi connectivity index (χ0v) is 19.8. The molecule has 178 valence electrons. The van der Waals surface area contributed by atoms with Crippen LogP contribution in [0.1, 0.15) is 17.0 Å². The Bertz CT molecular complexity index is 1630. The van der Waals surface area contributed by atoms with Gasteiger partial charge in [0.25, 0.3) is 0 Å². The van der Waals surface area contributed by atoms with Crippen molar-refractivity contribution in [1.82, 2.24) is 24.8 Å². The Kier molecular flexibility index (Phi) is 5.93. The molecule has 3 aromatic heterocycles. The van der Waals surface area contributed by atoms with Crippen molar-refractivity contribution in [3.63, 3.8) is 0 Å². The van der Waals surface area contributed by atoms with Gasteiger partial charge in [0, 0.05) is 29.2 Å². The fraction of sp³-hybridized carbons (Fsp3) is 0.0333. The van der Waals surface area contributed by atoms with Crippen LogP contribution in [0.4, 0.5) is 5.69 Å². The number of aromatic nitrogens is 5. The topological polar surface area (TPSA) is 85.1 Å². The van der Waals surface area contributed by atoms with Crippen molar-refractivity contribution in [2.24, 2.45) is 0 Å². The van der Waals surface area contributed by atoms with E-state index in [4.69, 9.17) is 5.10 Å². The van der Waals surface area contributed by atoms with Gasteiger partial charge < -0.3 is 5.32 Å². The molecule has 6 rings (SSSR count). The summed E-state index contributed by atoms with van der Waals surface area (Å²) in [6, 6.07) is 34.8. The maximum absolute atomic E-state index is 13.6. The number of pyridine rings is 1. The number of amides is 1. The molecule has 0 saturated heterocycles. The van der Waals surface area contributed by atoms with Crippen LogP contribution in [0, 0.1) is 0 Å². The number of anilines is 1. The minimum atomic E-state index is -0.430. The highest BCUT2D eigenvalue weighted by atomic mass is 16.1. The Morgan fingerprint density at radius 2 is 1.41 bits per heavy atom. The van der Waals surface area contributed by atoms with E-state index in [9.17, 15) is 4.79 Å². The molecular weight excluding hydrogens is 460 g/mol. The molecule has 0 radical (unpaired) electrons. The normalized spacial score (nSPS) is 11.1. The van der Waals surface area contributed by atoms with Gasteiger partial charge in [-0.3, -0.25) is 9.78 Å². The fourth-order valence-corrected chi connectivity index (χ4v) is 4.38. The Hall–Kier alpha value is -5.17. The van der Waals surface area contributed by atoms with Gasteiger partial charge in [0.05, 0.1) is 11.6 Å². The zero-order valence-electron chi connectivity index (χ0n) is 19.8. The minimum Gasteiger partial charge on any atom is -0.325 e. The number of hydrogen-bond acceptors (Lipinski definition) is 5. The van der Waals surface area contributed by atoms with Crippen LogP contribution in [0.25, 0.3) is 28.3 Å². The molecule has 0 aliphatic rings. The van der Waals surface area contributed by atoms with Gasteiger partial charge in [-0.2, -0.15) is 9.61 Å². The molecule has 37 heavy (non-hydrogen) atoms. The standard InChI is InChI=1S/C30H22N6O/c37-30(28(21-8-3-1-4-9-21)22-10-5-2-6-11-22)32-25-13-7-12-24(20-25)26-14-15-27-33-34-29(36(27)35-26)23-16-18-31-19-17-23/h1-20,28H,(H,32,37). The van der Waals surface area contributed by atoms with Crippen LogP contribution in [0.5, 0.6) is 0 Å². The molecule has 1 N–H and O–H groups in total. The predicted molar refractivity (Wildman–Crippen MR) is 143 cm³/mol. The molecule has 0 atom stereocenters. The van der Waals surface area contributed by atoms with Gasteiger partial charge in [-0.05, 0) is 47.5 Å². The van der Waals surface area contributed by atoms with Crippen LogP contribution < -0.4 is 5.32 Å². The lowest BCUT2D eigenvalue weighted by Gasteiger charge is -2.18. The quantitative estimate of drug-likeness (QED) is 0.333. The van der Waals surface area contributed by atoms with Crippen molar-refractivity contribution in [2.75, 3.05) is 5.32 Å². The molecule has 1 amide bonds. The molecule has 3 aromatic carbocycles. The predicted octanol–water partition coefficient (Wildman–Crippen LogP) is 5.62. The SMILES string of the molecule is O=C(Nc1cccc(-c2ccc3nnc(-c4ccncc4)n3n2)c1)C(c1ccccc1)c1ccccc1. The number of carbonyl (C=O) groups excluding carboxylic acids is 1. The summed E-state index contributed by atoms with van der Waals surface area (Å²) in [6.07, 6.45) is 3.43. The van der Waals surface area contributed by atoms with Gasteiger partial charge in [-0.15, -0.1) is 10.2 Å². The minimum absolute atomic E-state index is 0.100. The molecule has 3 heterocycles. The molecule has 0 spiro atoms. The number of hydrogen-bond donors (Lipinski definition) is 1. The Labute approximate surface area is 213 Å². The summed E-state index contributed by atoms with van der Waals surface area (Å²) in [6.45, 7) is 0. The number of rotatable bonds is 6. The van der Waals surface area contributed by atoms with E-state index >= 15 is 0 Å². The Morgan fingerprint density at radius 3 is 2.11 bits per heavy atom. The summed E-state index contributed by atoms with van der Waals surface area (Å²) in [5.74, 6) is 0.106.